The van der Waals surface area contributed by atoms with E-state index in [1.54, 1.807) is 0 Å². The largest absolute Gasteiger partial charge is 0.420 e. The number of aryl methyl sites for hydroxylation is 2. The summed E-state index contributed by atoms with van der Waals surface area (Å²) < 4.78 is 5.70. The van der Waals surface area contributed by atoms with E-state index < -0.39 is 0 Å². The Hall–Kier alpha value is -1.20. The number of rotatable bonds is 4. The summed E-state index contributed by atoms with van der Waals surface area (Å²) in [5, 5.41) is 11.3. The van der Waals surface area contributed by atoms with Gasteiger partial charge in [-0.05, 0) is 44.4 Å². The van der Waals surface area contributed by atoms with E-state index >= 15 is 0 Å². The van der Waals surface area contributed by atoms with Crippen LogP contribution in [0.5, 0.6) is 0 Å². The summed E-state index contributed by atoms with van der Waals surface area (Å²) in [7, 11) is 1.92. The Morgan fingerprint density at radius 2 is 2.22 bits per heavy atom. The Kier molecular flexibility index (Phi) is 3.43. The third kappa shape index (κ3) is 2.33. The van der Waals surface area contributed by atoms with Crippen molar-refractivity contribution >= 4 is 11.3 Å². The van der Waals surface area contributed by atoms with Gasteiger partial charge in [0.1, 0.15) is 0 Å². The number of thiophene rings is 1. The standard InChI is InChI=1S/C13H17N3OS/c1-14-7-6-12-15-16-13(17-12)11-8-9-4-2-3-5-10(9)18-11/h8,14H,2-7H2,1H3. The van der Waals surface area contributed by atoms with Crippen LogP contribution in [0.25, 0.3) is 10.8 Å². The highest BCUT2D eigenvalue weighted by Crippen LogP contribution is 2.35. The molecule has 3 rings (SSSR count). The highest BCUT2D eigenvalue weighted by molar-refractivity contribution is 7.15. The molecule has 0 unspecified atom stereocenters. The summed E-state index contributed by atoms with van der Waals surface area (Å²) in [6.07, 6.45) is 5.81. The Morgan fingerprint density at radius 3 is 3.06 bits per heavy atom. The van der Waals surface area contributed by atoms with Crippen molar-refractivity contribution in [1.29, 1.82) is 0 Å². The van der Waals surface area contributed by atoms with Gasteiger partial charge in [-0.2, -0.15) is 0 Å². The van der Waals surface area contributed by atoms with E-state index in [0.717, 1.165) is 17.8 Å². The van der Waals surface area contributed by atoms with Gasteiger partial charge in [0, 0.05) is 17.8 Å². The molecule has 2 heterocycles. The monoisotopic (exact) mass is 263 g/mol. The van der Waals surface area contributed by atoms with Crippen LogP contribution in [0.3, 0.4) is 0 Å². The van der Waals surface area contributed by atoms with E-state index in [2.05, 4.69) is 21.6 Å². The van der Waals surface area contributed by atoms with Crippen molar-refractivity contribution in [2.24, 2.45) is 0 Å². The molecular weight excluding hydrogens is 246 g/mol. The average molecular weight is 263 g/mol. The Bertz CT molecular complexity index is 509. The zero-order valence-corrected chi connectivity index (χ0v) is 11.3. The third-order valence-electron chi connectivity index (χ3n) is 3.26. The maximum atomic E-state index is 5.70. The van der Waals surface area contributed by atoms with Crippen LogP contribution in [-0.2, 0) is 19.3 Å². The van der Waals surface area contributed by atoms with Gasteiger partial charge in [0.25, 0.3) is 5.89 Å². The molecule has 1 N–H and O–H groups in total. The lowest BCUT2D eigenvalue weighted by molar-refractivity contribution is 0.501. The summed E-state index contributed by atoms with van der Waals surface area (Å²) >= 11 is 1.81. The number of likely N-dealkylation sites (N-methyl/N-ethyl adjacent to an activating group) is 1. The van der Waals surface area contributed by atoms with Crippen molar-refractivity contribution in [2.75, 3.05) is 13.6 Å². The molecule has 0 atom stereocenters. The fraction of sp³-hybridized carbons (Fsp3) is 0.538. The summed E-state index contributed by atoms with van der Waals surface area (Å²) in [6, 6.07) is 2.23. The van der Waals surface area contributed by atoms with Crippen molar-refractivity contribution in [3.8, 4) is 10.8 Å². The van der Waals surface area contributed by atoms with Crippen LogP contribution < -0.4 is 5.32 Å². The minimum atomic E-state index is 0.681. The third-order valence-corrected chi connectivity index (χ3v) is 4.49. The molecule has 0 amide bonds. The van der Waals surface area contributed by atoms with Gasteiger partial charge >= 0.3 is 0 Å². The smallest absolute Gasteiger partial charge is 0.257 e. The fourth-order valence-electron chi connectivity index (χ4n) is 2.28. The molecule has 4 nitrogen and oxygen atoms in total. The van der Waals surface area contributed by atoms with Gasteiger partial charge in [-0.3, -0.25) is 0 Å². The number of aromatic nitrogens is 2. The normalized spacial score (nSPS) is 14.7. The molecule has 0 aromatic carbocycles. The second kappa shape index (κ2) is 5.20. The minimum absolute atomic E-state index is 0.681. The van der Waals surface area contributed by atoms with Crippen molar-refractivity contribution in [3.05, 3.63) is 22.4 Å². The van der Waals surface area contributed by atoms with Crippen LogP contribution >= 0.6 is 11.3 Å². The van der Waals surface area contributed by atoms with Crippen molar-refractivity contribution < 1.29 is 4.42 Å². The molecule has 0 saturated carbocycles. The molecule has 0 bridgehead atoms. The van der Waals surface area contributed by atoms with Gasteiger partial charge in [0.15, 0.2) is 0 Å². The lowest BCUT2D eigenvalue weighted by Gasteiger charge is -2.08. The van der Waals surface area contributed by atoms with Gasteiger partial charge in [0.2, 0.25) is 5.89 Å². The lowest BCUT2D eigenvalue weighted by Crippen LogP contribution is -2.10. The first-order chi connectivity index (χ1) is 8.86. The summed E-state index contributed by atoms with van der Waals surface area (Å²) in [5.41, 5.74) is 1.48. The number of hydrogen-bond acceptors (Lipinski definition) is 5. The molecule has 18 heavy (non-hydrogen) atoms. The second-order valence-corrected chi connectivity index (χ2v) is 5.76. The van der Waals surface area contributed by atoms with Crippen LogP contribution in [-0.4, -0.2) is 23.8 Å². The first kappa shape index (κ1) is 11.9. The maximum Gasteiger partial charge on any atom is 0.257 e. The zero-order chi connectivity index (χ0) is 12.4. The Balaban J connectivity index is 1.81. The first-order valence-corrected chi connectivity index (χ1v) is 7.27. The van der Waals surface area contributed by atoms with E-state index in [0.29, 0.717) is 11.8 Å². The number of fused-ring (bicyclic) bond motifs is 1. The van der Waals surface area contributed by atoms with Crippen molar-refractivity contribution in [1.82, 2.24) is 15.5 Å². The van der Waals surface area contributed by atoms with Crippen LogP contribution in [0.4, 0.5) is 0 Å². The molecule has 5 heteroatoms. The van der Waals surface area contributed by atoms with Crippen LogP contribution in [0.1, 0.15) is 29.2 Å². The van der Waals surface area contributed by atoms with Gasteiger partial charge < -0.3 is 9.73 Å². The first-order valence-electron chi connectivity index (χ1n) is 6.46. The van der Waals surface area contributed by atoms with Gasteiger partial charge in [-0.25, -0.2) is 0 Å². The summed E-state index contributed by atoms with van der Waals surface area (Å²) in [5.74, 6) is 1.39. The molecule has 0 radical (unpaired) electrons. The van der Waals surface area contributed by atoms with E-state index in [4.69, 9.17) is 4.42 Å². The molecule has 1 aliphatic rings. The SMILES string of the molecule is CNCCc1nnc(-c2cc3c(s2)CCCC3)o1. The molecule has 0 spiro atoms. The number of hydrogen-bond donors (Lipinski definition) is 1. The summed E-state index contributed by atoms with van der Waals surface area (Å²) in [6.45, 7) is 0.864. The molecule has 0 fully saturated rings. The fourth-order valence-corrected chi connectivity index (χ4v) is 3.46. The van der Waals surface area contributed by atoms with Gasteiger partial charge in [-0.1, -0.05) is 0 Å². The van der Waals surface area contributed by atoms with Crippen molar-refractivity contribution in [2.45, 2.75) is 32.1 Å². The maximum absolute atomic E-state index is 5.70. The van der Waals surface area contributed by atoms with Crippen LogP contribution in [0, 0.1) is 0 Å². The molecule has 2 aromatic rings. The van der Waals surface area contributed by atoms with Gasteiger partial charge in [0.05, 0.1) is 4.88 Å². The van der Waals surface area contributed by atoms with Crippen LogP contribution in [0.2, 0.25) is 0 Å². The molecule has 96 valence electrons. The molecular formula is C13H17N3OS. The van der Waals surface area contributed by atoms with E-state index in [-0.39, 0.29) is 0 Å². The predicted octanol–water partition coefficient (Wildman–Crippen LogP) is 2.44. The predicted molar refractivity (Wildman–Crippen MR) is 71.9 cm³/mol. The van der Waals surface area contributed by atoms with E-state index in [1.807, 2.05) is 18.4 Å². The molecule has 1 aliphatic carbocycles. The molecule has 0 aliphatic heterocycles. The number of nitrogens with one attached hydrogen (secondary N) is 1. The average Bonchev–Trinajstić information content (AvgIpc) is 3.02. The topological polar surface area (TPSA) is 51.0 Å². The molecule has 0 saturated heterocycles. The lowest BCUT2D eigenvalue weighted by atomic mass is 9.99. The quantitative estimate of drug-likeness (QED) is 0.920. The zero-order valence-electron chi connectivity index (χ0n) is 10.5. The van der Waals surface area contributed by atoms with Crippen molar-refractivity contribution in [3.63, 3.8) is 0 Å². The number of nitrogens with zero attached hydrogens (tertiary/aromatic N) is 2. The van der Waals surface area contributed by atoms with E-state index in [1.165, 1.54) is 36.1 Å². The molecule has 2 aromatic heterocycles. The highest BCUT2D eigenvalue weighted by Gasteiger charge is 2.17. The minimum Gasteiger partial charge on any atom is -0.420 e. The summed E-state index contributed by atoms with van der Waals surface area (Å²) in [4.78, 5) is 2.64. The Labute approximate surface area is 110 Å². The second-order valence-electron chi connectivity index (χ2n) is 4.62. The van der Waals surface area contributed by atoms with Gasteiger partial charge in [-0.15, -0.1) is 21.5 Å². The van der Waals surface area contributed by atoms with Crippen LogP contribution in [0.15, 0.2) is 10.5 Å². The Morgan fingerprint density at radius 1 is 1.33 bits per heavy atom. The highest BCUT2D eigenvalue weighted by atomic mass is 32.1. The van der Waals surface area contributed by atoms with E-state index in [9.17, 15) is 0 Å².